The second kappa shape index (κ2) is 8.36. The quantitative estimate of drug-likeness (QED) is 0.755. The van der Waals surface area contributed by atoms with Gasteiger partial charge in [-0.15, -0.1) is 0 Å². The van der Waals surface area contributed by atoms with Crippen molar-refractivity contribution >= 4 is 15.7 Å². The Morgan fingerprint density at radius 2 is 1.86 bits per heavy atom. The molecule has 0 aliphatic rings. The zero-order chi connectivity index (χ0) is 15.9. The van der Waals surface area contributed by atoms with Gasteiger partial charge in [-0.3, -0.25) is 4.31 Å². The van der Waals surface area contributed by atoms with Gasteiger partial charge < -0.3 is 10.5 Å². The van der Waals surface area contributed by atoms with Crippen LogP contribution in [0.4, 0.5) is 5.69 Å². The van der Waals surface area contributed by atoms with E-state index in [4.69, 9.17) is 10.5 Å². The minimum absolute atomic E-state index is 0.0242. The van der Waals surface area contributed by atoms with Gasteiger partial charge in [-0.2, -0.15) is 0 Å². The number of nitrogens with two attached hydrogens (primary N) is 1. The summed E-state index contributed by atoms with van der Waals surface area (Å²) >= 11 is 0. The summed E-state index contributed by atoms with van der Waals surface area (Å²) in [6, 6.07) is 7.47. The summed E-state index contributed by atoms with van der Waals surface area (Å²) in [5.41, 5.74) is 7.29. The number of aryl methyl sites for hydroxylation is 1. The van der Waals surface area contributed by atoms with Crippen LogP contribution in [0.2, 0.25) is 0 Å². The number of anilines is 1. The zero-order valence-corrected chi connectivity index (χ0v) is 13.9. The minimum atomic E-state index is -3.40. The van der Waals surface area contributed by atoms with Crippen molar-refractivity contribution in [2.24, 2.45) is 5.73 Å². The van der Waals surface area contributed by atoms with E-state index < -0.39 is 10.0 Å². The zero-order valence-electron chi connectivity index (χ0n) is 13.1. The Morgan fingerprint density at radius 1 is 1.24 bits per heavy atom. The third-order valence-corrected chi connectivity index (χ3v) is 4.76. The number of hydrogen-bond donors (Lipinski definition) is 1. The van der Waals surface area contributed by atoms with Crippen molar-refractivity contribution in [3.8, 4) is 0 Å². The van der Waals surface area contributed by atoms with Gasteiger partial charge in [0.05, 0.1) is 24.2 Å². The fourth-order valence-electron chi connectivity index (χ4n) is 1.87. The highest BCUT2D eigenvalue weighted by Crippen LogP contribution is 2.19. The first kappa shape index (κ1) is 17.9. The lowest BCUT2D eigenvalue weighted by atomic mass is 10.2. The monoisotopic (exact) mass is 314 g/mol. The van der Waals surface area contributed by atoms with Crippen molar-refractivity contribution in [1.82, 2.24) is 0 Å². The molecule has 0 spiro atoms. The molecule has 0 aliphatic heterocycles. The van der Waals surface area contributed by atoms with Gasteiger partial charge in [-0.1, -0.05) is 17.7 Å². The highest BCUT2D eigenvalue weighted by Gasteiger charge is 2.22. The standard InChI is InChI=1S/C15H26N2O3S/c1-13(2)20-11-12-21(18,19)17(10-4-9-16)15-7-5-14(3)6-8-15/h5-8,13H,4,9-12,16H2,1-3H3. The molecule has 0 aliphatic carbocycles. The Bertz CT molecular complexity index is 512. The molecule has 0 unspecified atom stereocenters. The fraction of sp³-hybridized carbons (Fsp3) is 0.600. The highest BCUT2D eigenvalue weighted by molar-refractivity contribution is 7.92. The summed E-state index contributed by atoms with van der Waals surface area (Å²) < 4.78 is 31.8. The SMILES string of the molecule is Cc1ccc(N(CCCN)S(=O)(=O)CCOC(C)C)cc1. The van der Waals surface area contributed by atoms with Gasteiger partial charge in [-0.05, 0) is 45.9 Å². The van der Waals surface area contributed by atoms with Gasteiger partial charge in [0, 0.05) is 6.54 Å². The van der Waals surface area contributed by atoms with Crippen molar-refractivity contribution in [3.05, 3.63) is 29.8 Å². The largest absolute Gasteiger partial charge is 0.378 e. The van der Waals surface area contributed by atoms with Crippen LogP contribution in [0.1, 0.15) is 25.8 Å². The van der Waals surface area contributed by atoms with E-state index in [2.05, 4.69) is 0 Å². The third-order valence-electron chi connectivity index (χ3n) is 3.02. The van der Waals surface area contributed by atoms with Crippen molar-refractivity contribution in [1.29, 1.82) is 0 Å². The molecular formula is C15H26N2O3S. The molecule has 0 amide bonds. The molecule has 0 aromatic heterocycles. The van der Waals surface area contributed by atoms with Crippen LogP contribution < -0.4 is 10.0 Å². The summed E-state index contributed by atoms with van der Waals surface area (Å²) in [6.07, 6.45) is 0.648. The lowest BCUT2D eigenvalue weighted by Gasteiger charge is -2.24. The molecule has 1 aromatic rings. The Labute approximate surface area is 128 Å². The summed E-state index contributed by atoms with van der Waals surface area (Å²) in [7, 11) is -3.40. The molecule has 2 N–H and O–H groups in total. The predicted octanol–water partition coefficient (Wildman–Crippen LogP) is 1.91. The van der Waals surface area contributed by atoms with Crippen LogP contribution in [0, 0.1) is 6.92 Å². The number of nitrogens with zero attached hydrogens (tertiary/aromatic N) is 1. The summed E-state index contributed by atoms with van der Waals surface area (Å²) in [6.45, 7) is 6.80. The second-order valence-electron chi connectivity index (χ2n) is 5.29. The average Bonchev–Trinajstić information content (AvgIpc) is 2.40. The minimum Gasteiger partial charge on any atom is -0.378 e. The smallest absolute Gasteiger partial charge is 0.237 e. The van der Waals surface area contributed by atoms with E-state index in [1.165, 1.54) is 4.31 Å². The maximum absolute atomic E-state index is 12.5. The van der Waals surface area contributed by atoms with E-state index in [0.29, 0.717) is 25.2 Å². The molecule has 0 bridgehead atoms. The van der Waals surface area contributed by atoms with Gasteiger partial charge in [0.2, 0.25) is 10.0 Å². The Kier molecular flexibility index (Phi) is 7.14. The van der Waals surface area contributed by atoms with E-state index in [1.807, 2.05) is 45.0 Å². The lowest BCUT2D eigenvalue weighted by Crippen LogP contribution is -2.36. The fourth-order valence-corrected chi connectivity index (χ4v) is 3.25. The summed E-state index contributed by atoms with van der Waals surface area (Å²) in [4.78, 5) is 0. The van der Waals surface area contributed by atoms with E-state index in [1.54, 1.807) is 0 Å². The van der Waals surface area contributed by atoms with Crippen molar-refractivity contribution in [2.75, 3.05) is 29.8 Å². The number of rotatable bonds is 9. The lowest BCUT2D eigenvalue weighted by molar-refractivity contribution is 0.0912. The Morgan fingerprint density at radius 3 is 2.38 bits per heavy atom. The van der Waals surface area contributed by atoms with Crippen molar-refractivity contribution < 1.29 is 13.2 Å². The maximum atomic E-state index is 12.5. The third kappa shape index (κ3) is 6.03. The molecule has 21 heavy (non-hydrogen) atoms. The molecule has 1 aromatic carbocycles. The second-order valence-corrected chi connectivity index (χ2v) is 7.30. The molecule has 0 heterocycles. The van der Waals surface area contributed by atoms with Gasteiger partial charge in [-0.25, -0.2) is 8.42 Å². The van der Waals surface area contributed by atoms with Gasteiger partial charge in [0.25, 0.3) is 0 Å². The number of sulfonamides is 1. The summed E-state index contributed by atoms with van der Waals surface area (Å²) in [5, 5.41) is 0. The molecule has 1 rings (SSSR count). The molecule has 0 saturated carbocycles. The first-order chi connectivity index (χ1) is 9.86. The molecule has 0 fully saturated rings. The van der Waals surface area contributed by atoms with Crippen LogP contribution in [-0.4, -0.2) is 40.0 Å². The van der Waals surface area contributed by atoms with Crippen LogP contribution >= 0.6 is 0 Å². The molecule has 0 atom stereocenters. The maximum Gasteiger partial charge on any atom is 0.237 e. The van der Waals surface area contributed by atoms with Crippen LogP contribution in [0.15, 0.2) is 24.3 Å². The molecule has 5 nitrogen and oxygen atoms in total. The van der Waals surface area contributed by atoms with E-state index in [9.17, 15) is 8.42 Å². The van der Waals surface area contributed by atoms with Crippen LogP contribution in [0.25, 0.3) is 0 Å². The average molecular weight is 314 g/mol. The first-order valence-corrected chi connectivity index (χ1v) is 8.86. The van der Waals surface area contributed by atoms with Crippen LogP contribution in [0.5, 0.6) is 0 Å². The predicted molar refractivity (Wildman–Crippen MR) is 87.1 cm³/mol. The molecule has 0 saturated heterocycles. The van der Waals surface area contributed by atoms with E-state index >= 15 is 0 Å². The van der Waals surface area contributed by atoms with Crippen molar-refractivity contribution in [2.45, 2.75) is 33.3 Å². The van der Waals surface area contributed by atoms with Gasteiger partial charge >= 0.3 is 0 Å². The van der Waals surface area contributed by atoms with Crippen molar-refractivity contribution in [3.63, 3.8) is 0 Å². The molecule has 120 valence electrons. The Balaban J connectivity index is 2.87. The number of benzene rings is 1. The topological polar surface area (TPSA) is 72.6 Å². The van der Waals surface area contributed by atoms with Gasteiger partial charge in [0.15, 0.2) is 0 Å². The highest BCUT2D eigenvalue weighted by atomic mass is 32.2. The number of hydrogen-bond acceptors (Lipinski definition) is 4. The molecular weight excluding hydrogens is 288 g/mol. The number of ether oxygens (including phenoxy) is 1. The first-order valence-electron chi connectivity index (χ1n) is 7.25. The van der Waals surface area contributed by atoms with E-state index in [-0.39, 0.29) is 18.5 Å². The van der Waals surface area contributed by atoms with E-state index in [0.717, 1.165) is 5.56 Å². The normalized spacial score (nSPS) is 11.9. The summed E-state index contributed by atoms with van der Waals surface area (Å²) in [5.74, 6) is -0.0242. The van der Waals surface area contributed by atoms with Crippen LogP contribution in [0.3, 0.4) is 0 Å². The molecule has 0 radical (unpaired) electrons. The van der Waals surface area contributed by atoms with Crippen LogP contribution in [-0.2, 0) is 14.8 Å². The Hall–Kier alpha value is -1.11. The van der Waals surface area contributed by atoms with Gasteiger partial charge in [0.1, 0.15) is 0 Å². The molecule has 6 heteroatoms.